The quantitative estimate of drug-likeness (QED) is 0.282. The molecule has 4 aromatic rings. The van der Waals surface area contributed by atoms with Gasteiger partial charge in [-0.1, -0.05) is 26.0 Å². The number of amides is 1. The number of nitrogens with one attached hydrogen (secondary N) is 2. The first-order chi connectivity index (χ1) is 18.7. The van der Waals surface area contributed by atoms with Crippen LogP contribution in [-0.2, 0) is 4.79 Å². The summed E-state index contributed by atoms with van der Waals surface area (Å²) in [5.41, 5.74) is 8.11. The molecule has 4 heterocycles. The number of anilines is 2. The predicted octanol–water partition coefficient (Wildman–Crippen LogP) is 6.27. The van der Waals surface area contributed by atoms with Gasteiger partial charge in [-0.05, 0) is 99.1 Å². The number of carbonyl (C=O) groups is 1. The number of rotatable bonds is 6. The third-order valence-electron chi connectivity index (χ3n) is 7.35. The van der Waals surface area contributed by atoms with E-state index in [2.05, 4.69) is 59.1 Å². The highest BCUT2D eigenvalue weighted by atomic mass is 32.1. The summed E-state index contributed by atoms with van der Waals surface area (Å²) in [5, 5.41) is 7.22. The van der Waals surface area contributed by atoms with Crippen molar-refractivity contribution in [3.05, 3.63) is 101 Å². The SMILES string of the molecule is Cc1cc(N2C(=S)N[C@@H](c3ccccn3)[C@@H]2c2cc(C)n(-c3ncccc3C)c2C)ccc1NC(=O)C(C)C. The van der Waals surface area contributed by atoms with E-state index >= 15 is 0 Å². The van der Waals surface area contributed by atoms with Gasteiger partial charge in [-0.25, -0.2) is 4.98 Å². The Kier molecular flexibility index (Phi) is 7.23. The van der Waals surface area contributed by atoms with E-state index in [-0.39, 0.29) is 23.9 Å². The van der Waals surface area contributed by atoms with Gasteiger partial charge in [0.25, 0.3) is 0 Å². The Labute approximate surface area is 235 Å². The number of nitrogens with zero attached hydrogens (tertiary/aromatic N) is 4. The number of aryl methyl sites for hydroxylation is 3. The Balaban J connectivity index is 1.63. The summed E-state index contributed by atoms with van der Waals surface area (Å²) in [6, 6.07) is 18.0. The van der Waals surface area contributed by atoms with E-state index in [1.165, 1.54) is 0 Å². The van der Waals surface area contributed by atoms with Crippen LogP contribution in [0.1, 0.15) is 59.7 Å². The summed E-state index contributed by atoms with van der Waals surface area (Å²) in [6.07, 6.45) is 3.65. The van der Waals surface area contributed by atoms with E-state index in [0.717, 1.165) is 51.0 Å². The van der Waals surface area contributed by atoms with Crippen LogP contribution in [0.25, 0.3) is 5.82 Å². The van der Waals surface area contributed by atoms with Crippen LogP contribution in [0.2, 0.25) is 0 Å². The first-order valence-corrected chi connectivity index (χ1v) is 13.6. The highest BCUT2D eigenvalue weighted by Gasteiger charge is 2.42. The zero-order chi connectivity index (χ0) is 27.8. The molecule has 0 spiro atoms. The number of hydrogen-bond donors (Lipinski definition) is 2. The average Bonchev–Trinajstić information content (AvgIpc) is 3.41. The predicted molar refractivity (Wildman–Crippen MR) is 160 cm³/mol. The van der Waals surface area contributed by atoms with E-state index in [1.54, 1.807) is 0 Å². The molecule has 1 saturated heterocycles. The van der Waals surface area contributed by atoms with Crippen LogP contribution >= 0.6 is 12.2 Å². The van der Waals surface area contributed by atoms with Crippen molar-refractivity contribution in [3.63, 3.8) is 0 Å². The molecule has 0 saturated carbocycles. The van der Waals surface area contributed by atoms with Gasteiger partial charge in [0.2, 0.25) is 5.91 Å². The second kappa shape index (κ2) is 10.6. The first kappa shape index (κ1) is 26.6. The molecular formula is C31H34N6OS. The molecule has 1 amide bonds. The van der Waals surface area contributed by atoms with Crippen molar-refractivity contribution in [3.8, 4) is 5.82 Å². The second-order valence-corrected chi connectivity index (χ2v) is 10.8. The third kappa shape index (κ3) is 4.92. The maximum Gasteiger partial charge on any atom is 0.226 e. The average molecular weight is 539 g/mol. The molecular weight excluding hydrogens is 504 g/mol. The van der Waals surface area contributed by atoms with Crippen LogP contribution in [0.15, 0.2) is 67.0 Å². The van der Waals surface area contributed by atoms with E-state index in [1.807, 2.05) is 69.6 Å². The van der Waals surface area contributed by atoms with Gasteiger partial charge in [-0.2, -0.15) is 0 Å². The molecule has 0 radical (unpaired) electrons. The summed E-state index contributed by atoms with van der Waals surface area (Å²) in [5.74, 6) is 0.824. The van der Waals surface area contributed by atoms with Gasteiger partial charge in [0, 0.05) is 41.1 Å². The molecule has 0 bridgehead atoms. The lowest BCUT2D eigenvalue weighted by Crippen LogP contribution is -2.29. The highest BCUT2D eigenvalue weighted by molar-refractivity contribution is 7.80. The molecule has 0 unspecified atom stereocenters. The molecule has 1 aliphatic heterocycles. The van der Waals surface area contributed by atoms with Crippen molar-refractivity contribution in [2.45, 2.75) is 53.6 Å². The normalized spacial score (nSPS) is 17.0. The van der Waals surface area contributed by atoms with Gasteiger partial charge in [-0.3, -0.25) is 9.78 Å². The summed E-state index contributed by atoms with van der Waals surface area (Å²) in [4.78, 5) is 23.9. The topological polar surface area (TPSA) is 75.1 Å². The van der Waals surface area contributed by atoms with Crippen LogP contribution in [-0.4, -0.2) is 25.6 Å². The van der Waals surface area contributed by atoms with Gasteiger partial charge >= 0.3 is 0 Å². The lowest BCUT2D eigenvalue weighted by atomic mass is 9.96. The molecule has 7 nitrogen and oxygen atoms in total. The van der Waals surface area contributed by atoms with E-state index in [9.17, 15) is 4.79 Å². The fourth-order valence-electron chi connectivity index (χ4n) is 5.29. The van der Waals surface area contributed by atoms with Crippen molar-refractivity contribution in [1.82, 2.24) is 19.9 Å². The Hall–Kier alpha value is -4.04. The molecule has 39 heavy (non-hydrogen) atoms. The molecule has 200 valence electrons. The van der Waals surface area contributed by atoms with Crippen LogP contribution in [0.4, 0.5) is 11.4 Å². The minimum absolute atomic E-state index is 0.00504. The number of thiocarbonyl (C=S) groups is 1. The third-order valence-corrected chi connectivity index (χ3v) is 7.67. The number of pyridine rings is 2. The summed E-state index contributed by atoms with van der Waals surface area (Å²) in [6.45, 7) is 12.1. The van der Waals surface area contributed by atoms with Gasteiger partial charge in [0.05, 0.1) is 17.8 Å². The molecule has 2 N–H and O–H groups in total. The smallest absolute Gasteiger partial charge is 0.226 e. The Morgan fingerprint density at radius 2 is 1.74 bits per heavy atom. The molecule has 0 aliphatic carbocycles. The van der Waals surface area contributed by atoms with Crippen molar-refractivity contribution in [1.29, 1.82) is 0 Å². The molecule has 1 fully saturated rings. The number of carbonyl (C=O) groups excluding carboxylic acids is 1. The fourth-order valence-corrected chi connectivity index (χ4v) is 5.63. The molecule has 3 aromatic heterocycles. The summed E-state index contributed by atoms with van der Waals surface area (Å²) >= 11 is 5.95. The number of benzene rings is 1. The fraction of sp³-hybridized carbons (Fsp3) is 0.290. The molecule has 8 heteroatoms. The zero-order valence-electron chi connectivity index (χ0n) is 23.2. The van der Waals surface area contributed by atoms with Crippen molar-refractivity contribution < 1.29 is 4.79 Å². The lowest BCUT2D eigenvalue weighted by Gasteiger charge is -2.29. The van der Waals surface area contributed by atoms with Crippen LogP contribution < -0.4 is 15.5 Å². The first-order valence-electron chi connectivity index (χ1n) is 13.2. The monoisotopic (exact) mass is 538 g/mol. The van der Waals surface area contributed by atoms with Crippen LogP contribution in [0.5, 0.6) is 0 Å². The molecule has 5 rings (SSSR count). The maximum absolute atomic E-state index is 12.3. The Morgan fingerprint density at radius 3 is 2.41 bits per heavy atom. The standard InChI is InChI=1S/C31H34N6OS/c1-18(2)30(38)34-25-13-12-23(16-20(25)4)37-28(27(35-31(37)39)26-11-7-8-14-32-26)24-17-21(5)36(22(24)6)29-19(3)10-9-15-33-29/h7-18,27-28H,1-6H3,(H,34,38)(H,35,39)/t27-,28-/m0/s1. The minimum Gasteiger partial charge on any atom is -0.351 e. The van der Waals surface area contributed by atoms with E-state index in [0.29, 0.717) is 5.11 Å². The summed E-state index contributed by atoms with van der Waals surface area (Å²) < 4.78 is 2.22. The van der Waals surface area contributed by atoms with E-state index in [4.69, 9.17) is 22.2 Å². The molecule has 1 aliphatic rings. The Bertz CT molecular complexity index is 1540. The number of aromatic nitrogens is 3. The van der Waals surface area contributed by atoms with Gasteiger partial charge in [0.15, 0.2) is 5.11 Å². The van der Waals surface area contributed by atoms with Gasteiger partial charge < -0.3 is 20.1 Å². The molecule has 2 atom stereocenters. The largest absolute Gasteiger partial charge is 0.351 e. The van der Waals surface area contributed by atoms with Crippen LogP contribution in [0.3, 0.4) is 0 Å². The highest BCUT2D eigenvalue weighted by Crippen LogP contribution is 2.44. The van der Waals surface area contributed by atoms with Gasteiger partial charge in [-0.15, -0.1) is 0 Å². The minimum atomic E-state index is -0.155. The van der Waals surface area contributed by atoms with Crippen molar-refractivity contribution in [2.75, 3.05) is 10.2 Å². The van der Waals surface area contributed by atoms with E-state index < -0.39 is 0 Å². The zero-order valence-corrected chi connectivity index (χ0v) is 24.0. The van der Waals surface area contributed by atoms with Crippen molar-refractivity contribution in [2.24, 2.45) is 5.92 Å². The summed E-state index contributed by atoms with van der Waals surface area (Å²) in [7, 11) is 0. The maximum atomic E-state index is 12.3. The number of hydrogen-bond acceptors (Lipinski definition) is 4. The lowest BCUT2D eigenvalue weighted by molar-refractivity contribution is -0.118. The molecule has 1 aromatic carbocycles. The van der Waals surface area contributed by atoms with Gasteiger partial charge in [0.1, 0.15) is 5.82 Å². The Morgan fingerprint density at radius 1 is 0.974 bits per heavy atom. The second-order valence-electron chi connectivity index (χ2n) is 10.4. The van der Waals surface area contributed by atoms with Crippen LogP contribution in [0, 0.1) is 33.6 Å². The van der Waals surface area contributed by atoms with Crippen molar-refractivity contribution >= 4 is 34.6 Å².